The van der Waals surface area contributed by atoms with Crippen molar-refractivity contribution in [2.75, 3.05) is 38.2 Å². The van der Waals surface area contributed by atoms with E-state index in [0.717, 1.165) is 19.1 Å². The van der Waals surface area contributed by atoms with Gasteiger partial charge in [0.05, 0.1) is 33.0 Å². The van der Waals surface area contributed by atoms with Gasteiger partial charge in [-0.3, -0.25) is 4.90 Å². The summed E-state index contributed by atoms with van der Waals surface area (Å²) in [5, 5.41) is 0. The molecule has 146 valence electrons. The summed E-state index contributed by atoms with van der Waals surface area (Å²) in [6, 6.07) is 15.3. The summed E-state index contributed by atoms with van der Waals surface area (Å²) in [7, 11) is 2.15. The molecule has 3 nitrogen and oxygen atoms in total. The third kappa shape index (κ3) is 3.76. The van der Waals surface area contributed by atoms with Crippen molar-refractivity contribution in [3.63, 3.8) is 0 Å². The minimum atomic E-state index is 0. The highest BCUT2D eigenvalue weighted by molar-refractivity contribution is 7.99. The molecule has 4 aliphatic rings. The Morgan fingerprint density at radius 2 is 1.86 bits per heavy atom. The summed E-state index contributed by atoms with van der Waals surface area (Å²) < 4.78 is 6.00. The molecule has 0 amide bonds. The molecule has 3 saturated heterocycles. The standard InChI is InChI=1S/C23H26N2OS.BH3/c1-24-20-4-2-3-5-22(20)27-23-14-17(6-7-21(23)24)16-26-13-10-19-15-25-11-8-18(19)9-12-25;/h2-7,10,14,18H,8-9,11-13,15-16H2,1H3;1H3. The van der Waals surface area contributed by atoms with E-state index >= 15 is 0 Å². The molecule has 0 aromatic heterocycles. The molecule has 0 spiro atoms. The minimum Gasteiger partial charge on any atom is -0.373 e. The van der Waals surface area contributed by atoms with Gasteiger partial charge >= 0.3 is 0 Å². The lowest BCUT2D eigenvalue weighted by molar-refractivity contribution is 0.138. The zero-order valence-electron chi connectivity index (χ0n) is 15.9. The topological polar surface area (TPSA) is 15.7 Å². The van der Waals surface area contributed by atoms with Crippen LogP contribution in [0.2, 0.25) is 0 Å². The number of para-hydroxylation sites is 1. The Balaban J connectivity index is 0.00000192. The van der Waals surface area contributed by atoms with Gasteiger partial charge in [-0.1, -0.05) is 41.6 Å². The predicted molar refractivity (Wildman–Crippen MR) is 122 cm³/mol. The third-order valence-corrected chi connectivity index (χ3v) is 7.19. The van der Waals surface area contributed by atoms with Gasteiger partial charge in [-0.05, 0) is 61.7 Å². The Labute approximate surface area is 174 Å². The Morgan fingerprint density at radius 1 is 1.07 bits per heavy atom. The van der Waals surface area contributed by atoms with Crippen molar-refractivity contribution in [1.82, 2.24) is 4.90 Å². The highest BCUT2D eigenvalue weighted by atomic mass is 32.2. The Hall–Kier alpha value is -1.69. The molecule has 0 N–H and O–H groups in total. The maximum atomic E-state index is 6.00. The van der Waals surface area contributed by atoms with Crippen LogP contribution in [0.3, 0.4) is 0 Å². The van der Waals surface area contributed by atoms with Gasteiger partial charge < -0.3 is 9.64 Å². The second-order valence-electron chi connectivity index (χ2n) is 7.78. The average molecular weight is 392 g/mol. The van der Waals surface area contributed by atoms with E-state index in [2.05, 4.69) is 65.4 Å². The van der Waals surface area contributed by atoms with E-state index in [-0.39, 0.29) is 8.41 Å². The fourth-order valence-electron chi connectivity index (χ4n) is 4.50. The first-order valence-electron chi connectivity index (χ1n) is 9.90. The van der Waals surface area contributed by atoms with Gasteiger partial charge in [0.25, 0.3) is 0 Å². The first-order valence-corrected chi connectivity index (χ1v) is 10.7. The van der Waals surface area contributed by atoms with E-state index in [0.29, 0.717) is 6.61 Å². The summed E-state index contributed by atoms with van der Waals surface area (Å²) in [6.07, 6.45) is 5.01. The zero-order chi connectivity index (χ0) is 18.2. The lowest BCUT2D eigenvalue weighted by Gasteiger charge is -2.41. The SMILES string of the molecule is B.CN1c2ccccc2Sc2cc(COCC=C3CN4CCC3CC4)ccc21. The van der Waals surface area contributed by atoms with E-state index in [1.807, 2.05) is 11.8 Å². The first kappa shape index (κ1) is 19.6. The van der Waals surface area contributed by atoms with Crippen LogP contribution >= 0.6 is 11.8 Å². The van der Waals surface area contributed by atoms with Crippen molar-refractivity contribution >= 4 is 31.5 Å². The van der Waals surface area contributed by atoms with Crippen LogP contribution in [-0.4, -0.2) is 46.6 Å². The molecular weight excluding hydrogens is 363 g/mol. The summed E-state index contributed by atoms with van der Waals surface area (Å²) in [6.45, 7) is 5.14. The van der Waals surface area contributed by atoms with Crippen LogP contribution in [0.1, 0.15) is 18.4 Å². The van der Waals surface area contributed by atoms with Crippen molar-refractivity contribution in [1.29, 1.82) is 0 Å². The molecule has 2 aromatic rings. The van der Waals surface area contributed by atoms with Gasteiger partial charge in [0, 0.05) is 23.4 Å². The summed E-state index contributed by atoms with van der Waals surface area (Å²) >= 11 is 1.86. The Bertz CT molecular complexity index is 877. The molecule has 2 aromatic carbocycles. The van der Waals surface area contributed by atoms with Crippen LogP contribution in [0.4, 0.5) is 11.4 Å². The van der Waals surface area contributed by atoms with Crippen LogP contribution in [0, 0.1) is 5.92 Å². The summed E-state index contributed by atoms with van der Waals surface area (Å²) in [5.74, 6) is 0.814. The van der Waals surface area contributed by atoms with E-state index in [1.54, 1.807) is 5.57 Å². The number of benzene rings is 2. The molecule has 0 atom stereocenters. The van der Waals surface area contributed by atoms with Gasteiger partial charge in [0.2, 0.25) is 0 Å². The van der Waals surface area contributed by atoms with Gasteiger partial charge in [0.15, 0.2) is 0 Å². The number of hydrogen-bond acceptors (Lipinski definition) is 4. The normalized spacial score (nSPS) is 23.9. The largest absolute Gasteiger partial charge is 0.373 e. The molecule has 0 saturated carbocycles. The molecule has 5 heteroatoms. The molecule has 6 rings (SSSR count). The fourth-order valence-corrected chi connectivity index (χ4v) is 5.71. The molecule has 3 fully saturated rings. The Kier molecular flexibility index (Phi) is 5.86. The molecule has 4 heterocycles. The van der Waals surface area contributed by atoms with E-state index in [9.17, 15) is 0 Å². The summed E-state index contributed by atoms with van der Waals surface area (Å²) in [4.78, 5) is 7.48. The first-order chi connectivity index (χ1) is 13.3. The number of ether oxygens (including phenoxy) is 1. The quantitative estimate of drug-likeness (QED) is 0.445. The van der Waals surface area contributed by atoms with Gasteiger partial charge in [-0.25, -0.2) is 0 Å². The fraction of sp³-hybridized carbons (Fsp3) is 0.391. The maximum Gasteiger partial charge on any atom is 0.0814 e. The van der Waals surface area contributed by atoms with E-state index in [1.165, 1.54) is 52.7 Å². The van der Waals surface area contributed by atoms with Crippen LogP contribution in [0.25, 0.3) is 0 Å². The summed E-state index contributed by atoms with van der Waals surface area (Å²) in [5.41, 5.74) is 5.41. The molecule has 28 heavy (non-hydrogen) atoms. The van der Waals surface area contributed by atoms with E-state index in [4.69, 9.17) is 4.74 Å². The lowest BCUT2D eigenvalue weighted by Crippen LogP contribution is -2.43. The van der Waals surface area contributed by atoms with Gasteiger partial charge in [-0.2, -0.15) is 0 Å². The predicted octanol–water partition coefficient (Wildman–Crippen LogP) is 3.90. The van der Waals surface area contributed by atoms with Crippen molar-refractivity contribution in [2.24, 2.45) is 5.92 Å². The highest BCUT2D eigenvalue weighted by Gasteiger charge is 2.28. The molecule has 0 aliphatic carbocycles. The number of rotatable bonds is 4. The highest BCUT2D eigenvalue weighted by Crippen LogP contribution is 2.47. The third-order valence-electron chi connectivity index (χ3n) is 6.08. The second-order valence-corrected chi connectivity index (χ2v) is 8.86. The minimum absolute atomic E-state index is 0. The molecule has 0 unspecified atom stereocenters. The van der Waals surface area contributed by atoms with Gasteiger partial charge in [0.1, 0.15) is 0 Å². The molecule has 2 bridgehead atoms. The molecule has 4 aliphatic heterocycles. The van der Waals surface area contributed by atoms with Crippen LogP contribution in [0.5, 0.6) is 0 Å². The second kappa shape index (κ2) is 8.36. The smallest absolute Gasteiger partial charge is 0.0814 e. The van der Waals surface area contributed by atoms with Crippen LogP contribution < -0.4 is 4.90 Å². The number of fused-ring (bicyclic) bond motifs is 5. The van der Waals surface area contributed by atoms with Crippen molar-refractivity contribution in [3.05, 3.63) is 59.7 Å². The number of hydrogen-bond donors (Lipinski definition) is 0. The molecular formula is C23H29BN2OS. The number of anilines is 2. The van der Waals surface area contributed by atoms with Crippen molar-refractivity contribution < 1.29 is 4.74 Å². The maximum absolute atomic E-state index is 6.00. The molecule has 0 radical (unpaired) electrons. The zero-order valence-corrected chi connectivity index (χ0v) is 16.7. The van der Waals surface area contributed by atoms with Crippen LogP contribution in [0.15, 0.2) is 63.9 Å². The number of piperidine rings is 3. The van der Waals surface area contributed by atoms with Crippen molar-refractivity contribution in [2.45, 2.75) is 29.2 Å². The van der Waals surface area contributed by atoms with E-state index < -0.39 is 0 Å². The lowest BCUT2D eigenvalue weighted by atomic mass is 9.84. The average Bonchev–Trinajstić information content (AvgIpc) is 2.72. The number of nitrogens with zero attached hydrogens (tertiary/aromatic N) is 2. The van der Waals surface area contributed by atoms with Gasteiger partial charge in [-0.15, -0.1) is 0 Å². The Morgan fingerprint density at radius 3 is 2.64 bits per heavy atom. The van der Waals surface area contributed by atoms with Crippen LogP contribution in [-0.2, 0) is 11.3 Å². The monoisotopic (exact) mass is 392 g/mol. The van der Waals surface area contributed by atoms with Crippen molar-refractivity contribution in [3.8, 4) is 0 Å².